The number of anilines is 1. The lowest BCUT2D eigenvalue weighted by Gasteiger charge is -2.05. The van der Waals surface area contributed by atoms with Gasteiger partial charge in [-0.2, -0.15) is 5.26 Å². The molecular weight excluding hydrogens is 236 g/mol. The molecule has 3 nitrogen and oxygen atoms in total. The molecular formula is C16H13N2O. The first kappa shape index (κ1) is 12.8. The van der Waals surface area contributed by atoms with Crippen molar-refractivity contribution in [3.8, 4) is 6.07 Å². The van der Waals surface area contributed by atoms with Crippen LogP contribution in [0, 0.1) is 17.4 Å². The fourth-order valence-electron chi connectivity index (χ4n) is 1.70. The zero-order valence-electron chi connectivity index (χ0n) is 10.4. The van der Waals surface area contributed by atoms with Crippen molar-refractivity contribution in [3.05, 3.63) is 65.7 Å². The number of nitrogens with one attached hydrogen (secondary N) is 1. The Bertz CT molecular complexity index is 582. The van der Waals surface area contributed by atoms with E-state index in [1.807, 2.05) is 30.3 Å². The zero-order chi connectivity index (χ0) is 13.5. The lowest BCUT2D eigenvalue weighted by molar-refractivity contribution is -0.116. The van der Waals surface area contributed by atoms with Crippen LogP contribution in [0.15, 0.2) is 48.5 Å². The molecule has 2 aromatic rings. The average molecular weight is 249 g/mol. The van der Waals surface area contributed by atoms with Crippen LogP contribution >= 0.6 is 0 Å². The standard InChI is InChI=1S/C16H13N2O/c17-12-14-6-9-15(10-7-14)18-16(19)11-8-13-4-2-1-3-5-13/h1-2,4-7,9-10H,8,11H2,(H,18,19). The van der Waals surface area contributed by atoms with Crippen molar-refractivity contribution in [1.29, 1.82) is 5.26 Å². The molecule has 0 heterocycles. The Morgan fingerprint density at radius 1 is 1.26 bits per heavy atom. The first-order valence-corrected chi connectivity index (χ1v) is 6.03. The van der Waals surface area contributed by atoms with Crippen LogP contribution in [0.4, 0.5) is 5.69 Å². The number of hydrogen-bond donors (Lipinski definition) is 1. The van der Waals surface area contributed by atoms with Crippen molar-refractivity contribution < 1.29 is 4.79 Å². The number of carbonyl (C=O) groups excluding carboxylic acids is 1. The van der Waals surface area contributed by atoms with Crippen LogP contribution in [-0.2, 0) is 11.2 Å². The van der Waals surface area contributed by atoms with Gasteiger partial charge in [0.1, 0.15) is 0 Å². The maximum Gasteiger partial charge on any atom is 0.224 e. The molecule has 0 saturated heterocycles. The summed E-state index contributed by atoms with van der Waals surface area (Å²) in [6.45, 7) is 0. The summed E-state index contributed by atoms with van der Waals surface area (Å²) >= 11 is 0. The number of amides is 1. The number of nitrogens with zero attached hydrogens (tertiary/aromatic N) is 1. The SMILES string of the molecule is N#Cc1ccc(NC(=O)CCc2c[c]ccc2)cc1. The van der Waals surface area contributed by atoms with Crippen LogP contribution in [0.2, 0.25) is 0 Å². The largest absolute Gasteiger partial charge is 0.326 e. The van der Waals surface area contributed by atoms with E-state index in [1.54, 1.807) is 24.3 Å². The van der Waals surface area contributed by atoms with Gasteiger partial charge < -0.3 is 5.32 Å². The first-order valence-electron chi connectivity index (χ1n) is 6.03. The second-order valence-electron chi connectivity index (χ2n) is 4.15. The molecule has 0 unspecified atom stereocenters. The van der Waals surface area contributed by atoms with Crippen LogP contribution in [-0.4, -0.2) is 5.91 Å². The summed E-state index contributed by atoms with van der Waals surface area (Å²) in [5.74, 6) is -0.0337. The first-order chi connectivity index (χ1) is 9.28. The van der Waals surface area contributed by atoms with Gasteiger partial charge in [-0.15, -0.1) is 0 Å². The normalized spacial score (nSPS) is 9.63. The monoisotopic (exact) mass is 249 g/mol. The summed E-state index contributed by atoms with van der Waals surface area (Å²) in [4.78, 5) is 11.8. The lowest BCUT2D eigenvalue weighted by atomic mass is 10.1. The van der Waals surface area contributed by atoms with Crippen LogP contribution in [0.1, 0.15) is 17.5 Å². The molecule has 0 atom stereocenters. The second-order valence-corrected chi connectivity index (χ2v) is 4.15. The molecule has 19 heavy (non-hydrogen) atoms. The summed E-state index contributed by atoms with van der Waals surface area (Å²) in [7, 11) is 0. The van der Waals surface area contributed by atoms with E-state index in [2.05, 4.69) is 11.4 Å². The van der Waals surface area contributed by atoms with Crippen LogP contribution in [0.25, 0.3) is 0 Å². The Labute approximate surface area is 112 Å². The third kappa shape index (κ3) is 3.97. The fourth-order valence-corrected chi connectivity index (χ4v) is 1.70. The van der Waals surface area contributed by atoms with Crippen molar-refractivity contribution in [1.82, 2.24) is 0 Å². The summed E-state index contributed by atoms with van der Waals surface area (Å²) in [6, 6.07) is 19.5. The molecule has 93 valence electrons. The van der Waals surface area contributed by atoms with Crippen LogP contribution < -0.4 is 5.32 Å². The number of carbonyl (C=O) groups is 1. The second kappa shape index (κ2) is 6.36. The maximum atomic E-state index is 11.8. The third-order valence-electron chi connectivity index (χ3n) is 2.71. The quantitative estimate of drug-likeness (QED) is 0.905. The minimum absolute atomic E-state index is 0.0337. The average Bonchev–Trinajstić information content (AvgIpc) is 2.47. The highest BCUT2D eigenvalue weighted by Gasteiger charge is 2.03. The van der Waals surface area contributed by atoms with E-state index in [0.717, 1.165) is 5.56 Å². The van der Waals surface area contributed by atoms with Crippen molar-refractivity contribution >= 4 is 11.6 Å². The fraction of sp³-hybridized carbons (Fsp3) is 0.125. The predicted octanol–water partition coefficient (Wildman–Crippen LogP) is 2.93. The maximum absolute atomic E-state index is 11.8. The Morgan fingerprint density at radius 3 is 2.68 bits per heavy atom. The van der Waals surface area contributed by atoms with E-state index in [0.29, 0.717) is 24.1 Å². The van der Waals surface area contributed by atoms with Gasteiger partial charge in [0, 0.05) is 12.1 Å². The summed E-state index contributed by atoms with van der Waals surface area (Å²) in [5.41, 5.74) is 2.39. The molecule has 0 aliphatic carbocycles. The van der Waals surface area contributed by atoms with Gasteiger partial charge in [0.25, 0.3) is 0 Å². The summed E-state index contributed by atoms with van der Waals surface area (Å²) < 4.78 is 0. The topological polar surface area (TPSA) is 52.9 Å². The van der Waals surface area contributed by atoms with E-state index in [9.17, 15) is 4.79 Å². The minimum atomic E-state index is -0.0337. The summed E-state index contributed by atoms with van der Waals surface area (Å²) in [5, 5.41) is 11.5. The van der Waals surface area contributed by atoms with Crippen LogP contribution in [0.5, 0.6) is 0 Å². The molecule has 2 rings (SSSR count). The molecule has 1 N–H and O–H groups in total. The van der Waals surface area contributed by atoms with Gasteiger partial charge in [-0.25, -0.2) is 0 Å². The molecule has 0 aliphatic heterocycles. The molecule has 1 radical (unpaired) electrons. The van der Waals surface area contributed by atoms with Gasteiger partial charge in [-0.05, 0) is 42.3 Å². The van der Waals surface area contributed by atoms with Gasteiger partial charge in [-0.1, -0.05) is 24.3 Å². The molecule has 1 amide bonds. The van der Waals surface area contributed by atoms with Crippen molar-refractivity contribution in [3.63, 3.8) is 0 Å². The Kier molecular flexibility index (Phi) is 4.30. The van der Waals surface area contributed by atoms with Crippen molar-refractivity contribution in [2.75, 3.05) is 5.32 Å². The van der Waals surface area contributed by atoms with Gasteiger partial charge in [0.05, 0.1) is 11.6 Å². The number of rotatable bonds is 4. The van der Waals surface area contributed by atoms with Crippen molar-refractivity contribution in [2.45, 2.75) is 12.8 Å². The number of benzene rings is 2. The number of aryl methyl sites for hydroxylation is 1. The smallest absolute Gasteiger partial charge is 0.224 e. The Morgan fingerprint density at radius 2 is 2.05 bits per heavy atom. The highest BCUT2D eigenvalue weighted by molar-refractivity contribution is 5.90. The summed E-state index contributed by atoms with van der Waals surface area (Å²) in [6.07, 6.45) is 1.12. The van der Waals surface area contributed by atoms with Gasteiger partial charge in [-0.3, -0.25) is 4.79 Å². The molecule has 0 bridgehead atoms. The van der Waals surface area contributed by atoms with Crippen molar-refractivity contribution in [2.24, 2.45) is 0 Å². The van der Waals surface area contributed by atoms with Gasteiger partial charge >= 0.3 is 0 Å². The third-order valence-corrected chi connectivity index (χ3v) is 2.71. The molecule has 0 aliphatic rings. The lowest BCUT2D eigenvalue weighted by Crippen LogP contribution is -2.12. The van der Waals surface area contributed by atoms with E-state index in [-0.39, 0.29) is 5.91 Å². The Balaban J connectivity index is 1.86. The molecule has 2 aromatic carbocycles. The Hall–Kier alpha value is -2.60. The van der Waals surface area contributed by atoms with Gasteiger partial charge in [0.2, 0.25) is 5.91 Å². The molecule has 0 spiro atoms. The van der Waals surface area contributed by atoms with E-state index in [1.165, 1.54) is 0 Å². The molecule has 0 fully saturated rings. The molecule has 3 heteroatoms. The van der Waals surface area contributed by atoms with E-state index >= 15 is 0 Å². The highest BCUT2D eigenvalue weighted by Crippen LogP contribution is 2.10. The minimum Gasteiger partial charge on any atom is -0.326 e. The molecule has 0 aromatic heterocycles. The highest BCUT2D eigenvalue weighted by atomic mass is 16.1. The number of hydrogen-bond acceptors (Lipinski definition) is 2. The van der Waals surface area contributed by atoms with E-state index < -0.39 is 0 Å². The molecule has 0 saturated carbocycles. The van der Waals surface area contributed by atoms with E-state index in [4.69, 9.17) is 5.26 Å². The predicted molar refractivity (Wildman–Crippen MR) is 73.4 cm³/mol. The van der Waals surface area contributed by atoms with Gasteiger partial charge in [0.15, 0.2) is 0 Å². The van der Waals surface area contributed by atoms with Crippen LogP contribution in [0.3, 0.4) is 0 Å². The zero-order valence-corrected chi connectivity index (χ0v) is 10.4. The number of nitriles is 1.